The van der Waals surface area contributed by atoms with Crippen LogP contribution in [0.15, 0.2) is 42.5 Å². The van der Waals surface area contributed by atoms with Crippen LogP contribution in [0.25, 0.3) is 10.9 Å². The molecule has 1 saturated carbocycles. The number of aliphatic hydroxyl groups is 1. The van der Waals surface area contributed by atoms with Crippen molar-refractivity contribution in [1.82, 2.24) is 4.98 Å². The third kappa shape index (κ3) is 2.72. The minimum Gasteiger partial charge on any atom is -0.454 e. The average Bonchev–Trinajstić information content (AvgIpc) is 3.13. The van der Waals surface area contributed by atoms with Crippen molar-refractivity contribution >= 4 is 22.5 Å². The van der Waals surface area contributed by atoms with Crippen molar-refractivity contribution in [3.8, 4) is 11.5 Å². The zero-order valence-corrected chi connectivity index (χ0v) is 15.8. The summed E-state index contributed by atoms with van der Waals surface area (Å²) < 4.78 is 10.8. The zero-order chi connectivity index (χ0) is 19.5. The molecule has 3 aromatic rings. The van der Waals surface area contributed by atoms with E-state index >= 15 is 0 Å². The summed E-state index contributed by atoms with van der Waals surface area (Å²) in [5, 5.41) is 14.2. The number of hydrogen-bond donors (Lipinski definition) is 3. The van der Waals surface area contributed by atoms with Gasteiger partial charge in [-0.2, -0.15) is 0 Å². The highest BCUT2D eigenvalue weighted by atomic mass is 16.7. The summed E-state index contributed by atoms with van der Waals surface area (Å²) in [4.78, 5) is 16.3. The number of fused-ring (bicyclic) bond motifs is 2. The largest absolute Gasteiger partial charge is 0.454 e. The van der Waals surface area contributed by atoms with E-state index in [0.717, 1.165) is 46.4 Å². The van der Waals surface area contributed by atoms with E-state index in [1.807, 2.05) is 42.5 Å². The van der Waals surface area contributed by atoms with Crippen LogP contribution in [-0.4, -0.2) is 22.8 Å². The molecule has 144 valence electrons. The van der Waals surface area contributed by atoms with Crippen LogP contribution in [0.2, 0.25) is 0 Å². The Kier molecular flexibility index (Phi) is 3.52. The van der Waals surface area contributed by atoms with Crippen LogP contribution in [0, 0.1) is 0 Å². The van der Waals surface area contributed by atoms with Crippen molar-refractivity contribution in [2.75, 3.05) is 12.1 Å². The van der Waals surface area contributed by atoms with Crippen LogP contribution in [0.1, 0.15) is 37.9 Å². The van der Waals surface area contributed by atoms with E-state index in [0.29, 0.717) is 5.75 Å². The van der Waals surface area contributed by atoms with Crippen LogP contribution in [0.3, 0.4) is 0 Å². The van der Waals surface area contributed by atoms with Gasteiger partial charge in [0, 0.05) is 22.3 Å². The van der Waals surface area contributed by atoms with Gasteiger partial charge in [0.05, 0.1) is 11.0 Å². The number of H-pyrrole nitrogens is 1. The first kappa shape index (κ1) is 17.1. The molecule has 0 bridgehead atoms. The third-order valence-corrected chi connectivity index (χ3v) is 5.65. The number of nitrogens with one attached hydrogen (secondary N) is 2. The summed E-state index contributed by atoms with van der Waals surface area (Å²) in [7, 11) is 0. The molecule has 6 heteroatoms. The Balaban J connectivity index is 1.40. The first-order valence-corrected chi connectivity index (χ1v) is 9.42. The molecule has 2 aromatic carbocycles. The normalized spacial score (nSPS) is 17.0. The summed E-state index contributed by atoms with van der Waals surface area (Å²) in [6.07, 6.45) is 1.63. The molecular weight excluding hydrogens is 356 g/mol. The fraction of sp³-hybridized carbons (Fsp3) is 0.318. The fourth-order valence-electron chi connectivity index (χ4n) is 3.76. The molecule has 2 aliphatic rings. The van der Waals surface area contributed by atoms with Crippen molar-refractivity contribution in [1.29, 1.82) is 0 Å². The molecule has 3 N–H and O–H groups in total. The van der Waals surface area contributed by atoms with E-state index in [4.69, 9.17) is 9.47 Å². The monoisotopic (exact) mass is 378 g/mol. The number of carbonyl (C=O) groups is 1. The fourth-order valence-corrected chi connectivity index (χ4v) is 3.76. The van der Waals surface area contributed by atoms with Gasteiger partial charge in [-0.25, -0.2) is 0 Å². The van der Waals surface area contributed by atoms with Crippen LogP contribution >= 0.6 is 0 Å². The number of anilines is 1. The van der Waals surface area contributed by atoms with Gasteiger partial charge in [-0.15, -0.1) is 0 Å². The van der Waals surface area contributed by atoms with Crippen molar-refractivity contribution < 1.29 is 19.4 Å². The SMILES string of the molecule is CC(C)(O)c1cc2cc(NC(=O)C3(c4ccc5c(c4)OCO5)CC3)ccc2[nH]1. The Morgan fingerprint density at radius 2 is 1.89 bits per heavy atom. The molecule has 0 spiro atoms. The molecule has 5 rings (SSSR count). The molecule has 1 fully saturated rings. The van der Waals surface area contributed by atoms with Gasteiger partial charge in [0.25, 0.3) is 0 Å². The first-order chi connectivity index (χ1) is 13.3. The lowest BCUT2D eigenvalue weighted by Crippen LogP contribution is -2.27. The Morgan fingerprint density at radius 3 is 2.64 bits per heavy atom. The summed E-state index contributed by atoms with van der Waals surface area (Å²) >= 11 is 0. The standard InChI is InChI=1S/C22H22N2O4/c1-21(2,26)19-10-13-9-15(4-5-16(13)24-19)23-20(25)22(7-8-22)14-3-6-17-18(11-14)28-12-27-17/h3-6,9-11,24,26H,7-8,12H2,1-2H3,(H,23,25). The maximum Gasteiger partial charge on any atom is 0.235 e. The van der Waals surface area contributed by atoms with Gasteiger partial charge in [0.15, 0.2) is 11.5 Å². The lowest BCUT2D eigenvalue weighted by Gasteiger charge is -2.16. The number of ether oxygens (including phenoxy) is 2. The van der Waals surface area contributed by atoms with Gasteiger partial charge < -0.3 is 24.9 Å². The highest BCUT2D eigenvalue weighted by molar-refractivity contribution is 6.02. The smallest absolute Gasteiger partial charge is 0.235 e. The second-order valence-corrected chi connectivity index (χ2v) is 8.15. The van der Waals surface area contributed by atoms with E-state index < -0.39 is 11.0 Å². The minimum absolute atomic E-state index is 0.0102. The van der Waals surface area contributed by atoms with Crippen LogP contribution in [0.5, 0.6) is 11.5 Å². The number of carbonyl (C=O) groups excluding carboxylic acids is 1. The van der Waals surface area contributed by atoms with E-state index in [2.05, 4.69) is 10.3 Å². The summed E-state index contributed by atoms with van der Waals surface area (Å²) in [5.74, 6) is 1.41. The molecule has 1 aromatic heterocycles. The zero-order valence-electron chi connectivity index (χ0n) is 15.8. The quantitative estimate of drug-likeness (QED) is 0.645. The minimum atomic E-state index is -0.945. The summed E-state index contributed by atoms with van der Waals surface area (Å²) in [6.45, 7) is 3.70. The highest BCUT2D eigenvalue weighted by Gasteiger charge is 2.51. The summed E-state index contributed by atoms with van der Waals surface area (Å²) in [5.41, 5.74) is 1.91. The Hall–Kier alpha value is -2.99. The number of aromatic amines is 1. The molecule has 2 heterocycles. The van der Waals surface area contributed by atoms with Gasteiger partial charge in [-0.3, -0.25) is 4.79 Å². The lowest BCUT2D eigenvalue weighted by molar-refractivity contribution is -0.118. The van der Waals surface area contributed by atoms with Crippen molar-refractivity contribution in [2.45, 2.75) is 37.7 Å². The molecule has 0 unspecified atom stereocenters. The maximum absolute atomic E-state index is 13.1. The highest BCUT2D eigenvalue weighted by Crippen LogP contribution is 2.51. The van der Waals surface area contributed by atoms with Crippen molar-refractivity contribution in [3.63, 3.8) is 0 Å². The number of rotatable bonds is 4. The molecule has 1 amide bonds. The molecule has 28 heavy (non-hydrogen) atoms. The van der Waals surface area contributed by atoms with E-state index in [-0.39, 0.29) is 12.7 Å². The van der Waals surface area contributed by atoms with Crippen LogP contribution < -0.4 is 14.8 Å². The van der Waals surface area contributed by atoms with Gasteiger partial charge in [-0.05, 0) is 68.7 Å². The van der Waals surface area contributed by atoms with Crippen LogP contribution in [0.4, 0.5) is 5.69 Å². The molecule has 6 nitrogen and oxygen atoms in total. The van der Waals surface area contributed by atoms with Crippen molar-refractivity contribution in [2.24, 2.45) is 0 Å². The first-order valence-electron chi connectivity index (χ1n) is 9.42. The number of benzene rings is 2. The second kappa shape index (κ2) is 5.75. The molecule has 0 radical (unpaired) electrons. The molecular formula is C22H22N2O4. The molecule has 1 aliphatic heterocycles. The van der Waals surface area contributed by atoms with Crippen molar-refractivity contribution in [3.05, 3.63) is 53.7 Å². The van der Waals surface area contributed by atoms with E-state index in [1.54, 1.807) is 13.8 Å². The second-order valence-electron chi connectivity index (χ2n) is 8.15. The third-order valence-electron chi connectivity index (χ3n) is 5.65. The number of aromatic nitrogens is 1. The van der Waals surface area contributed by atoms with Gasteiger partial charge >= 0.3 is 0 Å². The van der Waals surface area contributed by atoms with E-state index in [1.165, 1.54) is 0 Å². The maximum atomic E-state index is 13.1. The topological polar surface area (TPSA) is 83.6 Å². The Morgan fingerprint density at radius 1 is 1.11 bits per heavy atom. The lowest BCUT2D eigenvalue weighted by atomic mass is 9.94. The predicted octanol–water partition coefficient (Wildman–Crippen LogP) is 3.79. The number of hydrogen-bond acceptors (Lipinski definition) is 4. The number of amides is 1. The molecule has 0 atom stereocenters. The van der Waals surface area contributed by atoms with Gasteiger partial charge in [0.1, 0.15) is 0 Å². The Bertz CT molecular complexity index is 1090. The molecule has 1 aliphatic carbocycles. The van der Waals surface area contributed by atoms with Crippen LogP contribution in [-0.2, 0) is 15.8 Å². The van der Waals surface area contributed by atoms with E-state index in [9.17, 15) is 9.90 Å². The predicted molar refractivity (Wildman–Crippen MR) is 106 cm³/mol. The van der Waals surface area contributed by atoms with Gasteiger partial charge in [-0.1, -0.05) is 6.07 Å². The Labute approximate surface area is 162 Å². The van der Waals surface area contributed by atoms with Gasteiger partial charge in [0.2, 0.25) is 12.7 Å². The molecule has 0 saturated heterocycles. The average molecular weight is 378 g/mol. The summed E-state index contributed by atoms with van der Waals surface area (Å²) in [6, 6.07) is 13.4.